The molecule has 0 bridgehead atoms. The Morgan fingerprint density at radius 2 is 2.05 bits per heavy atom. The number of pyridine rings is 1. The third-order valence-corrected chi connectivity index (χ3v) is 3.43. The number of ether oxygens (including phenoxy) is 2. The quantitative estimate of drug-likeness (QED) is 0.760. The van der Waals surface area contributed by atoms with Crippen LogP contribution >= 0.6 is 0 Å². The van der Waals surface area contributed by atoms with E-state index >= 15 is 0 Å². The van der Waals surface area contributed by atoms with E-state index in [2.05, 4.69) is 23.5 Å². The van der Waals surface area contributed by atoms with Crippen LogP contribution in [-0.4, -0.2) is 31.9 Å². The van der Waals surface area contributed by atoms with Crippen molar-refractivity contribution in [2.24, 2.45) is 0 Å². The Morgan fingerprint density at radius 3 is 2.77 bits per heavy atom. The molecular formula is C18H24N2O2. The van der Waals surface area contributed by atoms with Crippen LogP contribution in [0.5, 0.6) is 5.75 Å². The fraction of sp³-hybridized carbons (Fsp3) is 0.389. The number of nitrogens with one attached hydrogen (secondary N) is 1. The lowest BCUT2D eigenvalue weighted by atomic mass is 10.1. The van der Waals surface area contributed by atoms with Crippen molar-refractivity contribution in [1.82, 2.24) is 10.3 Å². The van der Waals surface area contributed by atoms with Crippen LogP contribution in [0.25, 0.3) is 11.3 Å². The summed E-state index contributed by atoms with van der Waals surface area (Å²) in [6.07, 6.45) is 0. The molecule has 22 heavy (non-hydrogen) atoms. The van der Waals surface area contributed by atoms with Crippen molar-refractivity contribution in [3.63, 3.8) is 0 Å². The van der Waals surface area contributed by atoms with E-state index in [1.54, 1.807) is 7.11 Å². The van der Waals surface area contributed by atoms with Gasteiger partial charge >= 0.3 is 0 Å². The highest BCUT2D eigenvalue weighted by atomic mass is 16.5. The van der Waals surface area contributed by atoms with Crippen molar-refractivity contribution in [2.75, 3.05) is 26.9 Å². The predicted octanol–water partition coefficient (Wildman–Crippen LogP) is 3.19. The number of aryl methyl sites for hydroxylation is 1. The molecule has 0 aliphatic heterocycles. The zero-order chi connectivity index (χ0) is 15.8. The van der Waals surface area contributed by atoms with Gasteiger partial charge in [-0.25, -0.2) is 0 Å². The van der Waals surface area contributed by atoms with Crippen molar-refractivity contribution in [1.29, 1.82) is 0 Å². The molecule has 1 N–H and O–H groups in total. The van der Waals surface area contributed by atoms with E-state index in [1.807, 2.05) is 32.0 Å². The van der Waals surface area contributed by atoms with Gasteiger partial charge in [0.25, 0.3) is 0 Å². The monoisotopic (exact) mass is 300 g/mol. The summed E-state index contributed by atoms with van der Waals surface area (Å²) in [6.45, 7) is 7.07. The normalized spacial score (nSPS) is 10.7. The van der Waals surface area contributed by atoms with Gasteiger partial charge in [0.2, 0.25) is 0 Å². The minimum atomic E-state index is 0.669. The SMILES string of the molecule is CCOc1cccc(-c2ccc(CNCCOC)c(C)n2)c1. The van der Waals surface area contributed by atoms with Crippen LogP contribution < -0.4 is 10.1 Å². The van der Waals surface area contributed by atoms with Crippen LogP contribution in [0.1, 0.15) is 18.2 Å². The van der Waals surface area contributed by atoms with Crippen LogP contribution in [0.3, 0.4) is 0 Å². The van der Waals surface area contributed by atoms with Crippen LogP contribution in [0.15, 0.2) is 36.4 Å². The highest BCUT2D eigenvalue weighted by Gasteiger charge is 2.05. The maximum absolute atomic E-state index is 5.55. The molecule has 0 saturated carbocycles. The standard InChI is InChI=1S/C18H24N2O2/c1-4-22-17-7-5-6-15(12-17)18-9-8-16(14(2)20-18)13-19-10-11-21-3/h5-9,12,19H,4,10-11,13H2,1-3H3. The fourth-order valence-corrected chi connectivity index (χ4v) is 2.25. The van der Waals surface area contributed by atoms with E-state index in [1.165, 1.54) is 5.56 Å². The topological polar surface area (TPSA) is 43.4 Å². The van der Waals surface area contributed by atoms with Crippen LogP contribution in [0.2, 0.25) is 0 Å². The molecule has 118 valence electrons. The van der Waals surface area contributed by atoms with Gasteiger partial charge < -0.3 is 14.8 Å². The lowest BCUT2D eigenvalue weighted by molar-refractivity contribution is 0.199. The lowest BCUT2D eigenvalue weighted by Gasteiger charge is -2.10. The molecule has 0 fully saturated rings. The third kappa shape index (κ3) is 4.55. The fourth-order valence-electron chi connectivity index (χ4n) is 2.25. The zero-order valence-corrected chi connectivity index (χ0v) is 13.6. The van der Waals surface area contributed by atoms with Gasteiger partial charge in [-0.05, 0) is 37.6 Å². The largest absolute Gasteiger partial charge is 0.494 e. The van der Waals surface area contributed by atoms with Crippen molar-refractivity contribution in [3.8, 4) is 17.0 Å². The number of nitrogens with zero attached hydrogens (tertiary/aromatic N) is 1. The van der Waals surface area contributed by atoms with Crippen molar-refractivity contribution in [3.05, 3.63) is 47.7 Å². The first-order valence-corrected chi connectivity index (χ1v) is 7.64. The molecule has 0 saturated heterocycles. The maximum atomic E-state index is 5.55. The van der Waals surface area contributed by atoms with E-state index < -0.39 is 0 Å². The summed E-state index contributed by atoms with van der Waals surface area (Å²) >= 11 is 0. The average molecular weight is 300 g/mol. The Morgan fingerprint density at radius 1 is 1.18 bits per heavy atom. The Labute approximate surface area is 132 Å². The summed E-state index contributed by atoms with van der Waals surface area (Å²) < 4.78 is 10.6. The third-order valence-electron chi connectivity index (χ3n) is 3.43. The maximum Gasteiger partial charge on any atom is 0.119 e. The second-order valence-corrected chi connectivity index (χ2v) is 5.07. The van der Waals surface area contributed by atoms with Gasteiger partial charge in [-0.15, -0.1) is 0 Å². The highest BCUT2D eigenvalue weighted by molar-refractivity contribution is 5.61. The van der Waals surface area contributed by atoms with Crippen LogP contribution in [0, 0.1) is 6.92 Å². The van der Waals surface area contributed by atoms with Gasteiger partial charge in [0.15, 0.2) is 0 Å². The second kappa shape index (κ2) is 8.51. The molecule has 0 aliphatic carbocycles. The number of methoxy groups -OCH3 is 1. The molecule has 0 unspecified atom stereocenters. The Bertz CT molecular complexity index is 599. The molecular weight excluding hydrogens is 276 g/mol. The summed E-state index contributed by atoms with van der Waals surface area (Å²) in [5.74, 6) is 0.879. The molecule has 4 nitrogen and oxygen atoms in total. The number of hydrogen-bond acceptors (Lipinski definition) is 4. The molecule has 1 heterocycles. The number of rotatable bonds is 8. The first kappa shape index (κ1) is 16.5. The first-order valence-electron chi connectivity index (χ1n) is 7.64. The van der Waals surface area contributed by atoms with Crippen molar-refractivity contribution >= 4 is 0 Å². The number of hydrogen-bond donors (Lipinski definition) is 1. The molecule has 2 aromatic rings. The predicted molar refractivity (Wildman–Crippen MR) is 89.2 cm³/mol. The molecule has 0 amide bonds. The van der Waals surface area contributed by atoms with Gasteiger partial charge in [-0.1, -0.05) is 18.2 Å². The van der Waals surface area contributed by atoms with E-state index in [4.69, 9.17) is 14.5 Å². The molecule has 1 aromatic carbocycles. The van der Waals surface area contributed by atoms with Crippen LogP contribution in [0.4, 0.5) is 0 Å². The van der Waals surface area contributed by atoms with Gasteiger partial charge in [0.05, 0.1) is 18.9 Å². The van der Waals surface area contributed by atoms with Crippen molar-refractivity contribution < 1.29 is 9.47 Å². The minimum Gasteiger partial charge on any atom is -0.494 e. The molecule has 0 atom stereocenters. The van der Waals surface area contributed by atoms with Gasteiger partial charge in [0, 0.05) is 31.5 Å². The summed E-state index contributed by atoms with van der Waals surface area (Å²) in [4.78, 5) is 4.72. The van der Waals surface area contributed by atoms with Gasteiger partial charge in [-0.3, -0.25) is 4.98 Å². The molecule has 4 heteroatoms. The summed E-state index contributed by atoms with van der Waals surface area (Å²) in [7, 11) is 1.71. The van der Waals surface area contributed by atoms with E-state index in [-0.39, 0.29) is 0 Å². The van der Waals surface area contributed by atoms with Gasteiger partial charge in [0.1, 0.15) is 5.75 Å². The number of aromatic nitrogens is 1. The molecule has 0 spiro atoms. The molecule has 0 radical (unpaired) electrons. The molecule has 1 aromatic heterocycles. The van der Waals surface area contributed by atoms with E-state index in [0.717, 1.165) is 42.4 Å². The lowest BCUT2D eigenvalue weighted by Crippen LogP contribution is -2.19. The van der Waals surface area contributed by atoms with Crippen LogP contribution in [-0.2, 0) is 11.3 Å². The Kier molecular flexibility index (Phi) is 6.37. The second-order valence-electron chi connectivity index (χ2n) is 5.07. The smallest absolute Gasteiger partial charge is 0.119 e. The molecule has 0 aliphatic rings. The summed E-state index contributed by atoms with van der Waals surface area (Å²) in [5, 5.41) is 3.34. The van der Waals surface area contributed by atoms with E-state index in [0.29, 0.717) is 6.61 Å². The minimum absolute atomic E-state index is 0.669. The summed E-state index contributed by atoms with van der Waals surface area (Å²) in [6, 6.07) is 12.2. The zero-order valence-electron chi connectivity index (χ0n) is 13.6. The average Bonchev–Trinajstić information content (AvgIpc) is 2.53. The first-order chi connectivity index (χ1) is 10.7. The molecule has 2 rings (SSSR count). The Balaban J connectivity index is 2.09. The van der Waals surface area contributed by atoms with E-state index in [9.17, 15) is 0 Å². The van der Waals surface area contributed by atoms with Crippen molar-refractivity contribution in [2.45, 2.75) is 20.4 Å². The highest BCUT2D eigenvalue weighted by Crippen LogP contribution is 2.23. The summed E-state index contributed by atoms with van der Waals surface area (Å²) in [5.41, 5.74) is 4.30. The Hall–Kier alpha value is -1.91. The number of benzene rings is 1. The van der Waals surface area contributed by atoms with Gasteiger partial charge in [-0.2, -0.15) is 0 Å².